The maximum Gasteiger partial charge on any atom is 0.176 e. The molecule has 2 heteroatoms. The van der Waals surface area contributed by atoms with Crippen LogP contribution in [0.2, 0.25) is 0 Å². The van der Waals surface area contributed by atoms with E-state index in [9.17, 15) is 4.79 Å². The lowest BCUT2D eigenvalue weighted by Gasteiger charge is -2.31. The van der Waals surface area contributed by atoms with E-state index >= 15 is 0 Å². The van der Waals surface area contributed by atoms with Gasteiger partial charge < -0.3 is 5.32 Å². The van der Waals surface area contributed by atoms with Gasteiger partial charge in [-0.15, -0.1) is 0 Å². The highest BCUT2D eigenvalue weighted by molar-refractivity contribution is 6.00. The van der Waals surface area contributed by atoms with E-state index in [1.165, 1.54) is 36.8 Å². The van der Waals surface area contributed by atoms with Crippen molar-refractivity contribution < 1.29 is 4.79 Å². The molecule has 1 saturated carbocycles. The van der Waals surface area contributed by atoms with Gasteiger partial charge in [0.1, 0.15) is 0 Å². The molecule has 0 saturated heterocycles. The van der Waals surface area contributed by atoms with Crippen LogP contribution in [-0.4, -0.2) is 18.9 Å². The molecule has 1 aromatic rings. The Hall–Kier alpha value is -1.15. The van der Waals surface area contributed by atoms with Gasteiger partial charge in [0.15, 0.2) is 5.78 Å². The van der Waals surface area contributed by atoms with Gasteiger partial charge in [0, 0.05) is 17.5 Å². The molecule has 90 valence electrons. The first-order valence-corrected chi connectivity index (χ1v) is 6.57. The van der Waals surface area contributed by atoms with Gasteiger partial charge in [-0.3, -0.25) is 4.79 Å². The summed E-state index contributed by atoms with van der Waals surface area (Å²) in [5.74, 6) is 0.257. The van der Waals surface area contributed by atoms with E-state index in [0.717, 1.165) is 12.1 Å². The fourth-order valence-electron chi connectivity index (χ4n) is 3.68. The van der Waals surface area contributed by atoms with Crippen LogP contribution in [0.15, 0.2) is 18.2 Å². The van der Waals surface area contributed by atoms with Crippen LogP contribution in [0.4, 0.5) is 0 Å². The molecule has 0 radical (unpaired) electrons. The Morgan fingerprint density at radius 2 is 2.00 bits per heavy atom. The Labute approximate surface area is 102 Å². The topological polar surface area (TPSA) is 29.1 Å². The van der Waals surface area contributed by atoms with Crippen molar-refractivity contribution in [2.45, 2.75) is 38.0 Å². The van der Waals surface area contributed by atoms with E-state index in [1.54, 1.807) is 0 Å². The summed E-state index contributed by atoms with van der Waals surface area (Å²) in [7, 11) is 0. The van der Waals surface area contributed by atoms with Crippen LogP contribution in [0.5, 0.6) is 0 Å². The molecular weight excluding hydrogens is 210 g/mol. The van der Waals surface area contributed by atoms with Gasteiger partial charge in [-0.1, -0.05) is 31.0 Å². The molecule has 1 spiro atoms. The smallest absolute Gasteiger partial charge is 0.176 e. The molecular formula is C15H19NO. The van der Waals surface area contributed by atoms with Gasteiger partial charge in [-0.25, -0.2) is 0 Å². The number of hydrogen-bond acceptors (Lipinski definition) is 2. The Morgan fingerprint density at radius 3 is 2.76 bits per heavy atom. The zero-order chi connectivity index (χ0) is 11.9. The zero-order valence-electron chi connectivity index (χ0n) is 10.4. The second-order valence-corrected chi connectivity index (χ2v) is 5.51. The summed E-state index contributed by atoms with van der Waals surface area (Å²) in [5, 5.41) is 3.35. The molecule has 1 aliphatic heterocycles. The molecule has 1 N–H and O–H groups in total. The molecule has 0 aromatic heterocycles. The number of fused-ring (bicyclic) bond motifs is 2. The van der Waals surface area contributed by atoms with Crippen LogP contribution >= 0.6 is 0 Å². The number of carbonyl (C=O) groups is 1. The first-order chi connectivity index (χ1) is 8.23. The summed E-state index contributed by atoms with van der Waals surface area (Å²) in [4.78, 5) is 12.1. The summed E-state index contributed by atoms with van der Waals surface area (Å²) in [6, 6.07) is 6.18. The lowest BCUT2D eigenvalue weighted by molar-refractivity contribution is 0.0993. The second kappa shape index (κ2) is 3.95. The third kappa shape index (κ3) is 1.62. The van der Waals surface area contributed by atoms with Crippen molar-refractivity contribution in [2.75, 3.05) is 13.1 Å². The quantitative estimate of drug-likeness (QED) is 0.741. The minimum absolute atomic E-state index is 0.229. The van der Waals surface area contributed by atoms with E-state index < -0.39 is 0 Å². The Balaban J connectivity index is 2.22. The number of rotatable bonds is 0. The number of Topliss-reactive ketones (excluding diaryl/α,β-unsaturated/α-hetero) is 1. The van der Waals surface area contributed by atoms with Crippen molar-refractivity contribution in [3.8, 4) is 0 Å². The maximum absolute atomic E-state index is 12.1. The largest absolute Gasteiger partial charge is 0.309 e. The van der Waals surface area contributed by atoms with Gasteiger partial charge in [-0.05, 0) is 30.9 Å². The monoisotopic (exact) mass is 229 g/mol. The Bertz CT molecular complexity index is 458. The summed E-state index contributed by atoms with van der Waals surface area (Å²) in [6.45, 7) is 3.62. The molecule has 17 heavy (non-hydrogen) atoms. The van der Waals surface area contributed by atoms with Crippen molar-refractivity contribution in [3.05, 3.63) is 34.9 Å². The molecule has 2 nitrogen and oxygen atoms in total. The fraction of sp³-hybridized carbons (Fsp3) is 0.533. The van der Waals surface area contributed by atoms with Crippen molar-refractivity contribution in [1.29, 1.82) is 0 Å². The molecule has 0 amide bonds. The van der Waals surface area contributed by atoms with Crippen LogP contribution < -0.4 is 5.32 Å². The number of nitrogens with one attached hydrogen (secondary N) is 1. The minimum atomic E-state index is 0.229. The van der Waals surface area contributed by atoms with E-state index in [4.69, 9.17) is 0 Å². The number of aryl methyl sites for hydroxylation is 1. The molecule has 1 fully saturated rings. The van der Waals surface area contributed by atoms with Crippen LogP contribution in [0.1, 0.15) is 47.2 Å². The average molecular weight is 229 g/mol. The molecule has 0 unspecified atom stereocenters. The van der Waals surface area contributed by atoms with Gasteiger partial charge in [0.2, 0.25) is 0 Å². The zero-order valence-corrected chi connectivity index (χ0v) is 10.4. The molecule has 1 aromatic carbocycles. The fourth-order valence-corrected chi connectivity index (χ4v) is 3.68. The Morgan fingerprint density at radius 1 is 1.24 bits per heavy atom. The lowest BCUT2D eigenvalue weighted by atomic mass is 9.74. The van der Waals surface area contributed by atoms with Gasteiger partial charge >= 0.3 is 0 Å². The normalized spacial score (nSPS) is 22.5. The van der Waals surface area contributed by atoms with Crippen molar-refractivity contribution in [2.24, 2.45) is 0 Å². The van der Waals surface area contributed by atoms with Gasteiger partial charge in [-0.2, -0.15) is 0 Å². The van der Waals surface area contributed by atoms with E-state index in [2.05, 4.69) is 18.3 Å². The standard InChI is InChI=1S/C15H19NO/c1-11-5-4-6-12-13(17)9-16-10-15(14(11)12)7-2-3-8-15/h4-6,16H,2-3,7-10H2,1H3. The van der Waals surface area contributed by atoms with E-state index in [-0.39, 0.29) is 11.2 Å². The van der Waals surface area contributed by atoms with Crippen molar-refractivity contribution in [3.63, 3.8) is 0 Å². The molecule has 1 heterocycles. The summed E-state index contributed by atoms with van der Waals surface area (Å²) in [5.41, 5.74) is 3.83. The SMILES string of the molecule is Cc1cccc2c1C1(CCCC1)CNCC2=O. The first-order valence-electron chi connectivity index (χ1n) is 6.57. The molecule has 1 aliphatic carbocycles. The summed E-state index contributed by atoms with van der Waals surface area (Å²) < 4.78 is 0. The molecule has 3 rings (SSSR count). The summed E-state index contributed by atoms with van der Waals surface area (Å²) >= 11 is 0. The van der Waals surface area contributed by atoms with Crippen LogP contribution in [-0.2, 0) is 5.41 Å². The van der Waals surface area contributed by atoms with Crippen molar-refractivity contribution >= 4 is 5.78 Å². The highest BCUT2D eigenvalue weighted by Crippen LogP contribution is 2.44. The number of hydrogen-bond donors (Lipinski definition) is 1. The molecule has 2 aliphatic rings. The number of carbonyl (C=O) groups excluding carboxylic acids is 1. The van der Waals surface area contributed by atoms with Gasteiger partial charge in [0.05, 0.1) is 6.54 Å². The molecule has 0 atom stereocenters. The average Bonchev–Trinajstić information content (AvgIpc) is 2.72. The third-order valence-corrected chi connectivity index (χ3v) is 4.41. The number of benzene rings is 1. The predicted molar refractivity (Wildman–Crippen MR) is 68.5 cm³/mol. The maximum atomic E-state index is 12.1. The predicted octanol–water partition coefficient (Wildman–Crippen LogP) is 2.59. The first kappa shape index (κ1) is 11.0. The van der Waals surface area contributed by atoms with Crippen LogP contribution in [0.25, 0.3) is 0 Å². The highest BCUT2D eigenvalue weighted by atomic mass is 16.1. The molecule has 0 bridgehead atoms. The van der Waals surface area contributed by atoms with Crippen LogP contribution in [0.3, 0.4) is 0 Å². The van der Waals surface area contributed by atoms with E-state index in [0.29, 0.717) is 6.54 Å². The van der Waals surface area contributed by atoms with Crippen LogP contribution in [0, 0.1) is 6.92 Å². The third-order valence-electron chi connectivity index (χ3n) is 4.41. The summed E-state index contributed by atoms with van der Waals surface area (Å²) in [6.07, 6.45) is 5.05. The van der Waals surface area contributed by atoms with Gasteiger partial charge in [0.25, 0.3) is 0 Å². The second-order valence-electron chi connectivity index (χ2n) is 5.51. The Kier molecular flexibility index (Phi) is 2.55. The minimum Gasteiger partial charge on any atom is -0.309 e. The van der Waals surface area contributed by atoms with E-state index in [1.807, 2.05) is 12.1 Å². The highest BCUT2D eigenvalue weighted by Gasteiger charge is 2.40. The lowest BCUT2D eigenvalue weighted by Crippen LogP contribution is -2.35. The number of ketones is 1. The van der Waals surface area contributed by atoms with Crippen molar-refractivity contribution in [1.82, 2.24) is 5.32 Å².